The Hall–Kier alpha value is -1.12. The molecule has 0 aliphatic carbocycles. The van der Waals surface area contributed by atoms with Crippen LogP contribution in [0.25, 0.3) is 0 Å². The molecule has 1 aromatic rings. The van der Waals surface area contributed by atoms with Gasteiger partial charge in [-0.25, -0.2) is 9.97 Å². The van der Waals surface area contributed by atoms with Crippen LogP contribution in [0, 0.1) is 0 Å². The predicted octanol–water partition coefficient (Wildman–Crippen LogP) is 1.96. The number of nitrogen functional groups attached to an aromatic ring is 1. The minimum atomic E-state index is 0.349. The van der Waals surface area contributed by atoms with Crippen molar-refractivity contribution in [3.8, 4) is 0 Å². The third-order valence-corrected chi connectivity index (χ3v) is 1.98. The largest absolute Gasteiger partial charge is 0.368 e. The maximum absolute atomic E-state index is 5.38. The topological polar surface area (TPSA) is 51.8 Å². The molecule has 1 unspecified atom stereocenters. The number of nitrogens with two attached hydrogens (primary N) is 1. The Labute approximate surface area is 73.0 Å². The van der Waals surface area contributed by atoms with Gasteiger partial charge in [-0.3, -0.25) is 0 Å². The van der Waals surface area contributed by atoms with Crippen molar-refractivity contribution in [1.29, 1.82) is 0 Å². The van der Waals surface area contributed by atoms with E-state index in [-0.39, 0.29) is 0 Å². The first-order chi connectivity index (χ1) is 5.74. The molecular formula is C9H15N3. The highest BCUT2D eigenvalue weighted by molar-refractivity contribution is 5.19. The van der Waals surface area contributed by atoms with Crippen LogP contribution < -0.4 is 5.73 Å². The number of aromatic nitrogens is 2. The molecule has 0 saturated carbocycles. The molecule has 0 saturated heterocycles. The summed E-state index contributed by atoms with van der Waals surface area (Å²) in [5, 5.41) is 0. The third-order valence-electron chi connectivity index (χ3n) is 1.98. The zero-order chi connectivity index (χ0) is 8.97. The molecule has 0 aliphatic rings. The second-order valence-corrected chi connectivity index (χ2v) is 3.06. The highest BCUT2D eigenvalue weighted by Crippen LogP contribution is 2.18. The van der Waals surface area contributed by atoms with Crippen molar-refractivity contribution >= 4 is 5.95 Å². The lowest BCUT2D eigenvalue weighted by Gasteiger charge is -2.08. The van der Waals surface area contributed by atoms with Gasteiger partial charge < -0.3 is 5.73 Å². The van der Waals surface area contributed by atoms with Gasteiger partial charge in [-0.05, 0) is 17.9 Å². The van der Waals surface area contributed by atoms with E-state index in [9.17, 15) is 0 Å². The van der Waals surface area contributed by atoms with Crippen LogP contribution in [0.15, 0.2) is 12.4 Å². The van der Waals surface area contributed by atoms with Gasteiger partial charge in [0.1, 0.15) is 0 Å². The molecule has 0 aliphatic heterocycles. The van der Waals surface area contributed by atoms with E-state index in [1.54, 1.807) is 0 Å². The number of hydrogen-bond acceptors (Lipinski definition) is 3. The molecule has 3 heteroatoms. The van der Waals surface area contributed by atoms with Crippen LogP contribution in [0.5, 0.6) is 0 Å². The van der Waals surface area contributed by atoms with Crippen molar-refractivity contribution in [3.05, 3.63) is 18.0 Å². The monoisotopic (exact) mass is 165 g/mol. The Balaban J connectivity index is 2.68. The molecule has 0 radical (unpaired) electrons. The maximum Gasteiger partial charge on any atom is 0.219 e. The van der Waals surface area contributed by atoms with Crippen LogP contribution in [0.4, 0.5) is 5.95 Å². The molecule has 1 atom stereocenters. The van der Waals surface area contributed by atoms with Gasteiger partial charge in [-0.15, -0.1) is 0 Å². The molecule has 12 heavy (non-hydrogen) atoms. The van der Waals surface area contributed by atoms with E-state index in [4.69, 9.17) is 5.73 Å². The summed E-state index contributed by atoms with van der Waals surface area (Å²) < 4.78 is 0. The summed E-state index contributed by atoms with van der Waals surface area (Å²) in [6.45, 7) is 4.35. The van der Waals surface area contributed by atoms with E-state index >= 15 is 0 Å². The van der Waals surface area contributed by atoms with E-state index < -0.39 is 0 Å². The van der Waals surface area contributed by atoms with Crippen molar-refractivity contribution in [1.82, 2.24) is 9.97 Å². The number of hydrogen-bond donors (Lipinski definition) is 1. The van der Waals surface area contributed by atoms with Crippen molar-refractivity contribution < 1.29 is 0 Å². The summed E-state index contributed by atoms with van der Waals surface area (Å²) in [6.07, 6.45) is 5.98. The summed E-state index contributed by atoms with van der Waals surface area (Å²) >= 11 is 0. The first-order valence-corrected chi connectivity index (χ1v) is 4.31. The highest BCUT2D eigenvalue weighted by atomic mass is 15.0. The summed E-state index contributed by atoms with van der Waals surface area (Å²) in [5.41, 5.74) is 6.55. The third kappa shape index (κ3) is 2.19. The van der Waals surface area contributed by atoms with Gasteiger partial charge >= 0.3 is 0 Å². The summed E-state index contributed by atoms with van der Waals surface area (Å²) in [6, 6.07) is 0. The van der Waals surface area contributed by atoms with Crippen molar-refractivity contribution in [2.75, 3.05) is 5.73 Å². The van der Waals surface area contributed by atoms with E-state index in [0.29, 0.717) is 11.9 Å². The Morgan fingerprint density at radius 3 is 2.50 bits per heavy atom. The first-order valence-electron chi connectivity index (χ1n) is 4.31. The Morgan fingerprint density at radius 1 is 1.42 bits per heavy atom. The Morgan fingerprint density at radius 2 is 2.00 bits per heavy atom. The molecule has 1 heterocycles. The van der Waals surface area contributed by atoms with Crippen LogP contribution in [0.2, 0.25) is 0 Å². The average molecular weight is 165 g/mol. The fraction of sp³-hybridized carbons (Fsp3) is 0.556. The normalized spacial score (nSPS) is 12.8. The fourth-order valence-corrected chi connectivity index (χ4v) is 1.20. The summed E-state index contributed by atoms with van der Waals surface area (Å²) in [4.78, 5) is 7.90. The van der Waals surface area contributed by atoms with Gasteiger partial charge in [0, 0.05) is 12.4 Å². The zero-order valence-electron chi connectivity index (χ0n) is 7.62. The SMILES string of the molecule is CCCC(C)c1cnc(N)nc1. The van der Waals surface area contributed by atoms with Crippen LogP contribution in [-0.4, -0.2) is 9.97 Å². The molecule has 1 aromatic heterocycles. The molecule has 2 N–H and O–H groups in total. The van der Waals surface area contributed by atoms with E-state index in [2.05, 4.69) is 23.8 Å². The molecule has 0 amide bonds. The molecule has 1 rings (SSSR count). The quantitative estimate of drug-likeness (QED) is 0.744. The minimum absolute atomic E-state index is 0.349. The van der Waals surface area contributed by atoms with Gasteiger partial charge in [-0.1, -0.05) is 20.3 Å². The standard InChI is InChI=1S/C9H15N3/c1-3-4-7(2)8-5-11-9(10)12-6-8/h5-7H,3-4H2,1-2H3,(H2,10,11,12). The van der Waals surface area contributed by atoms with Gasteiger partial charge in [0.15, 0.2) is 0 Å². The Bertz CT molecular complexity index is 230. The van der Waals surface area contributed by atoms with Crippen LogP contribution >= 0.6 is 0 Å². The fourth-order valence-electron chi connectivity index (χ4n) is 1.20. The van der Waals surface area contributed by atoms with Crippen molar-refractivity contribution in [2.24, 2.45) is 0 Å². The second-order valence-electron chi connectivity index (χ2n) is 3.06. The molecular weight excluding hydrogens is 150 g/mol. The maximum atomic E-state index is 5.38. The first kappa shape index (κ1) is 8.97. The minimum Gasteiger partial charge on any atom is -0.368 e. The van der Waals surface area contributed by atoms with E-state index in [0.717, 1.165) is 0 Å². The predicted molar refractivity (Wildman–Crippen MR) is 49.8 cm³/mol. The average Bonchev–Trinajstić information content (AvgIpc) is 2.06. The molecule has 3 nitrogen and oxygen atoms in total. The highest BCUT2D eigenvalue weighted by Gasteiger charge is 2.04. The lowest BCUT2D eigenvalue weighted by molar-refractivity contribution is 0.660. The van der Waals surface area contributed by atoms with Crippen LogP contribution in [0.1, 0.15) is 38.2 Å². The number of anilines is 1. The molecule has 0 fully saturated rings. The lowest BCUT2D eigenvalue weighted by Crippen LogP contribution is -1.98. The van der Waals surface area contributed by atoms with Crippen molar-refractivity contribution in [2.45, 2.75) is 32.6 Å². The van der Waals surface area contributed by atoms with Crippen molar-refractivity contribution in [3.63, 3.8) is 0 Å². The zero-order valence-corrected chi connectivity index (χ0v) is 7.62. The lowest BCUT2D eigenvalue weighted by atomic mass is 10.00. The second kappa shape index (κ2) is 4.04. The van der Waals surface area contributed by atoms with Crippen LogP contribution in [-0.2, 0) is 0 Å². The smallest absolute Gasteiger partial charge is 0.219 e. The molecule has 0 spiro atoms. The number of rotatable bonds is 3. The van der Waals surface area contributed by atoms with Gasteiger partial charge in [0.05, 0.1) is 0 Å². The summed E-state index contributed by atoms with van der Waals surface area (Å²) in [7, 11) is 0. The van der Waals surface area contributed by atoms with Gasteiger partial charge in [0.2, 0.25) is 5.95 Å². The number of nitrogens with zero attached hydrogens (tertiary/aromatic N) is 2. The molecule has 0 bridgehead atoms. The van der Waals surface area contributed by atoms with E-state index in [1.165, 1.54) is 18.4 Å². The van der Waals surface area contributed by atoms with Gasteiger partial charge in [0.25, 0.3) is 0 Å². The molecule has 0 aromatic carbocycles. The van der Waals surface area contributed by atoms with E-state index in [1.807, 2.05) is 12.4 Å². The Kier molecular flexibility index (Phi) is 3.02. The van der Waals surface area contributed by atoms with Gasteiger partial charge in [-0.2, -0.15) is 0 Å². The van der Waals surface area contributed by atoms with Crippen LogP contribution in [0.3, 0.4) is 0 Å². The molecule has 66 valence electrons. The summed E-state index contributed by atoms with van der Waals surface area (Å²) in [5.74, 6) is 0.887.